The third-order valence-electron chi connectivity index (χ3n) is 4.26. The van der Waals surface area contributed by atoms with Gasteiger partial charge in [0.2, 0.25) is 0 Å². The van der Waals surface area contributed by atoms with Gasteiger partial charge in [-0.25, -0.2) is 9.78 Å². The lowest BCUT2D eigenvalue weighted by atomic mass is 10.1. The fraction of sp³-hybridized carbons (Fsp3) is 0.0870. The largest absolute Gasteiger partial charge is 0.462 e. The number of pyridine rings is 1. The highest BCUT2D eigenvalue weighted by molar-refractivity contribution is 7.23. The van der Waals surface area contributed by atoms with E-state index in [1.54, 1.807) is 24.3 Å². The van der Waals surface area contributed by atoms with Crippen molar-refractivity contribution >= 4 is 58.0 Å². The molecule has 0 radical (unpaired) electrons. The number of para-hydroxylation sites is 1. The molecule has 3 aromatic heterocycles. The van der Waals surface area contributed by atoms with Crippen LogP contribution < -0.4 is 0 Å². The molecule has 0 spiro atoms. The molecule has 0 unspecified atom stereocenters. The van der Waals surface area contributed by atoms with Crippen molar-refractivity contribution in [3.05, 3.63) is 75.6 Å². The second kappa shape index (κ2) is 8.51. The highest BCUT2D eigenvalue weighted by Gasteiger charge is 2.13. The van der Waals surface area contributed by atoms with E-state index in [1.807, 2.05) is 60.7 Å². The topological polar surface area (TPSA) is 56.3 Å². The zero-order chi connectivity index (χ0) is 20.2. The zero-order valence-corrected chi connectivity index (χ0v) is 17.3. The molecule has 0 aliphatic carbocycles. The van der Waals surface area contributed by atoms with Crippen LogP contribution in [0.4, 0.5) is 0 Å². The average Bonchev–Trinajstić information content (AvgIpc) is 3.41. The summed E-state index contributed by atoms with van der Waals surface area (Å²) in [6.07, 6.45) is 4.75. The van der Waals surface area contributed by atoms with E-state index in [4.69, 9.17) is 4.74 Å². The van der Waals surface area contributed by atoms with Gasteiger partial charge < -0.3 is 4.74 Å². The summed E-state index contributed by atoms with van der Waals surface area (Å²) in [5.74, 6) is -0.345. The molecular formula is C23H17NO3S2. The summed E-state index contributed by atoms with van der Waals surface area (Å²) in [6.45, 7) is 2.12. The molecule has 0 amide bonds. The molecule has 3 heterocycles. The third kappa shape index (κ3) is 4.18. The fourth-order valence-electron chi connectivity index (χ4n) is 2.95. The third-order valence-corrected chi connectivity index (χ3v) is 6.52. The summed E-state index contributed by atoms with van der Waals surface area (Å²) in [5, 5.41) is 0.783. The van der Waals surface area contributed by atoms with Gasteiger partial charge in [-0.2, -0.15) is 0 Å². The Morgan fingerprint density at radius 1 is 1.00 bits per heavy atom. The molecular weight excluding hydrogens is 402 g/mol. The molecule has 0 aliphatic rings. The van der Waals surface area contributed by atoms with Crippen molar-refractivity contribution in [3.63, 3.8) is 0 Å². The minimum Gasteiger partial charge on any atom is -0.462 e. The quantitative estimate of drug-likeness (QED) is 0.276. The Morgan fingerprint density at radius 3 is 2.45 bits per heavy atom. The summed E-state index contributed by atoms with van der Waals surface area (Å²) in [5.41, 5.74) is 1.97. The number of nitrogens with zero attached hydrogens (tertiary/aromatic N) is 1. The maximum atomic E-state index is 12.4. The van der Waals surface area contributed by atoms with Crippen molar-refractivity contribution in [1.29, 1.82) is 0 Å². The number of carbonyl (C=O) groups is 2. The highest BCUT2D eigenvalue weighted by Crippen LogP contribution is 2.34. The van der Waals surface area contributed by atoms with Gasteiger partial charge in [0.1, 0.15) is 0 Å². The second-order valence-electron chi connectivity index (χ2n) is 6.19. The first kappa shape index (κ1) is 19.2. The Labute approximate surface area is 176 Å². The summed E-state index contributed by atoms with van der Waals surface area (Å²) < 4.78 is 5.20. The number of rotatable bonds is 6. The average molecular weight is 420 g/mol. The lowest BCUT2D eigenvalue weighted by molar-refractivity contribution is 0.0528. The number of hydrogen-bond acceptors (Lipinski definition) is 6. The van der Waals surface area contributed by atoms with E-state index in [2.05, 4.69) is 4.98 Å². The van der Waals surface area contributed by atoms with E-state index in [0.29, 0.717) is 17.9 Å². The molecule has 0 fully saturated rings. The van der Waals surface area contributed by atoms with Crippen LogP contribution in [-0.4, -0.2) is 23.8 Å². The first-order valence-electron chi connectivity index (χ1n) is 9.08. The van der Waals surface area contributed by atoms with Gasteiger partial charge in [0.25, 0.3) is 0 Å². The Morgan fingerprint density at radius 2 is 1.72 bits per heavy atom. The number of hydrogen-bond donors (Lipinski definition) is 0. The van der Waals surface area contributed by atoms with Gasteiger partial charge in [-0.15, -0.1) is 22.7 Å². The van der Waals surface area contributed by atoms with Crippen molar-refractivity contribution in [2.24, 2.45) is 0 Å². The molecule has 0 N–H and O–H groups in total. The molecule has 4 rings (SSSR count). The molecule has 6 heteroatoms. The second-order valence-corrected chi connectivity index (χ2v) is 8.42. The molecule has 0 saturated heterocycles. The monoisotopic (exact) mass is 419 g/mol. The first-order chi connectivity index (χ1) is 14.2. The van der Waals surface area contributed by atoms with Crippen LogP contribution >= 0.6 is 22.7 Å². The van der Waals surface area contributed by atoms with Crippen LogP contribution in [0.15, 0.2) is 54.6 Å². The molecule has 0 bridgehead atoms. The SMILES string of the molecule is CCOC(=O)c1cc(C=Cc2ccc(-c3ccc(C=O)s3)s2)nc2ccccc12. The number of aromatic nitrogens is 1. The highest BCUT2D eigenvalue weighted by atomic mass is 32.1. The Hall–Kier alpha value is -3.09. The van der Waals surface area contributed by atoms with E-state index < -0.39 is 0 Å². The minimum atomic E-state index is -0.345. The number of esters is 1. The van der Waals surface area contributed by atoms with Gasteiger partial charge in [0, 0.05) is 20.0 Å². The lowest BCUT2D eigenvalue weighted by Crippen LogP contribution is -2.06. The summed E-state index contributed by atoms with van der Waals surface area (Å²) in [6, 6.07) is 17.2. The van der Waals surface area contributed by atoms with E-state index in [9.17, 15) is 9.59 Å². The Kier molecular flexibility index (Phi) is 5.64. The first-order valence-corrected chi connectivity index (χ1v) is 10.7. The molecule has 0 saturated carbocycles. The standard InChI is InChI=1S/C23H17NO3S2/c1-2-27-23(26)19-13-15(24-20-6-4-3-5-18(19)20)7-8-16-9-11-21(28-16)22-12-10-17(14-25)29-22/h3-14H,2H2,1H3. The molecule has 1 aromatic carbocycles. The zero-order valence-electron chi connectivity index (χ0n) is 15.6. The van der Waals surface area contributed by atoms with E-state index >= 15 is 0 Å². The van der Waals surface area contributed by atoms with Crippen LogP contribution in [0, 0.1) is 0 Å². The summed E-state index contributed by atoms with van der Waals surface area (Å²) in [4.78, 5) is 31.9. The predicted molar refractivity (Wildman–Crippen MR) is 120 cm³/mol. The maximum Gasteiger partial charge on any atom is 0.338 e. The van der Waals surface area contributed by atoms with Crippen LogP contribution in [0.1, 0.15) is 37.5 Å². The fourth-order valence-corrected chi connectivity index (χ4v) is 4.77. The molecule has 4 nitrogen and oxygen atoms in total. The van der Waals surface area contributed by atoms with Crippen molar-refractivity contribution < 1.29 is 14.3 Å². The Bertz CT molecular complexity index is 1220. The van der Waals surface area contributed by atoms with Crippen LogP contribution in [0.3, 0.4) is 0 Å². The van der Waals surface area contributed by atoms with Gasteiger partial charge in [0.15, 0.2) is 6.29 Å². The summed E-state index contributed by atoms with van der Waals surface area (Å²) in [7, 11) is 0. The lowest BCUT2D eigenvalue weighted by Gasteiger charge is -2.07. The van der Waals surface area contributed by atoms with Crippen LogP contribution in [0.5, 0.6) is 0 Å². The number of benzene rings is 1. The Balaban J connectivity index is 1.64. The molecule has 0 aliphatic heterocycles. The molecule has 29 heavy (non-hydrogen) atoms. The van der Waals surface area contributed by atoms with Gasteiger partial charge >= 0.3 is 5.97 Å². The van der Waals surface area contributed by atoms with Crippen LogP contribution in [0.25, 0.3) is 32.8 Å². The van der Waals surface area contributed by atoms with Gasteiger partial charge in [0.05, 0.1) is 28.3 Å². The van der Waals surface area contributed by atoms with Crippen LogP contribution in [-0.2, 0) is 4.74 Å². The number of carbonyl (C=O) groups excluding carboxylic acids is 2. The van der Waals surface area contributed by atoms with Gasteiger partial charge in [-0.3, -0.25) is 4.79 Å². The molecule has 4 aromatic rings. The molecule has 0 atom stereocenters. The number of ether oxygens (including phenoxy) is 1. The van der Waals surface area contributed by atoms with Gasteiger partial charge in [-0.1, -0.05) is 18.2 Å². The van der Waals surface area contributed by atoms with E-state index in [1.165, 1.54) is 11.3 Å². The van der Waals surface area contributed by atoms with E-state index in [-0.39, 0.29) is 5.97 Å². The van der Waals surface area contributed by atoms with Crippen molar-refractivity contribution in [2.45, 2.75) is 6.92 Å². The van der Waals surface area contributed by atoms with Crippen molar-refractivity contribution in [1.82, 2.24) is 4.98 Å². The van der Waals surface area contributed by atoms with Crippen molar-refractivity contribution in [2.75, 3.05) is 6.61 Å². The smallest absolute Gasteiger partial charge is 0.338 e. The van der Waals surface area contributed by atoms with Gasteiger partial charge in [-0.05, 0) is 55.5 Å². The normalized spacial score (nSPS) is 11.2. The summed E-state index contributed by atoms with van der Waals surface area (Å²) >= 11 is 3.12. The molecule has 144 valence electrons. The minimum absolute atomic E-state index is 0.327. The number of aldehydes is 1. The maximum absolute atomic E-state index is 12.4. The number of thiophene rings is 2. The van der Waals surface area contributed by atoms with Crippen molar-refractivity contribution in [3.8, 4) is 9.75 Å². The predicted octanol–water partition coefficient (Wildman–Crippen LogP) is 6.18. The number of fused-ring (bicyclic) bond motifs is 1. The van der Waals surface area contributed by atoms with E-state index in [0.717, 1.165) is 36.7 Å². The van der Waals surface area contributed by atoms with Crippen LogP contribution in [0.2, 0.25) is 0 Å².